The molecule has 12 rings (SSSR count). The molecule has 0 saturated heterocycles. The van der Waals surface area contributed by atoms with Gasteiger partial charge in [-0.05, 0) is 119 Å². The van der Waals surface area contributed by atoms with Gasteiger partial charge in [0, 0.05) is 47.5 Å². The second kappa shape index (κ2) is 21.2. The summed E-state index contributed by atoms with van der Waals surface area (Å²) in [6, 6.07) is 83.0. The Morgan fingerprint density at radius 3 is 0.944 bits per heavy atom. The molecule has 0 aliphatic carbocycles. The highest BCUT2D eigenvalue weighted by molar-refractivity contribution is 7.95. The summed E-state index contributed by atoms with van der Waals surface area (Å²) in [4.78, 5) is 11.0. The van der Waals surface area contributed by atoms with Crippen molar-refractivity contribution in [1.82, 2.24) is 9.97 Å². The molecule has 72 heavy (non-hydrogen) atoms. The van der Waals surface area contributed by atoms with Crippen molar-refractivity contribution in [3.63, 3.8) is 0 Å². The third-order valence-electron chi connectivity index (χ3n) is 13.3. The number of thiophene rings is 2. The monoisotopic (exact) mass is 1050 g/mol. The van der Waals surface area contributed by atoms with Gasteiger partial charge in [-0.1, -0.05) is 158 Å². The Hall–Kier alpha value is -7.31. The van der Waals surface area contributed by atoms with Crippen LogP contribution in [-0.2, 0) is 0 Å². The summed E-state index contributed by atoms with van der Waals surface area (Å²) in [5.74, 6) is 0.853. The molecular formula is C65H48BrN2OPS2. The van der Waals surface area contributed by atoms with Gasteiger partial charge < -0.3 is 21.7 Å². The standard InChI is InChI=1S/C65H48N2OPS2.BrH/c1-7-20-46(21-8-1)62-54-36-37-55(66-54)63(47-22-9-2-10-23-47)60-42-43-61(71-60)65(57-39-38-56(67-57)64(48-24-11-3-12-25-48)59-41-40-58(62)70-59)49-32-34-50(35-33-49)68-44-19-45-69(51-26-13-4-14-27-51,52-28-15-5-16-29-52)53-30-17-6-18-31-53;/h1-18,20-43H,19,44-45H2;1H/q+1;/p-1. The lowest BCUT2D eigenvalue weighted by Crippen LogP contribution is -3.00. The first kappa shape index (κ1) is 47.0. The SMILES string of the molecule is C1=Cc2nc1c(-c1ccccc1)c1ccc(s1)c(-c1ccccc1)c1nc(c(-c3ccc(OCCC[P+](c4ccccc4)(c4ccccc4)c4ccccc4)cc3)c3ccc(s3)c2-c2ccccc2)C=C1.[Br-]. The van der Waals surface area contributed by atoms with Crippen LogP contribution in [0.25, 0.3) is 87.6 Å². The van der Waals surface area contributed by atoms with E-state index < -0.39 is 7.26 Å². The molecule has 7 aromatic carbocycles. The first-order valence-electron chi connectivity index (χ1n) is 24.1. The third kappa shape index (κ3) is 9.24. The molecule has 2 aliphatic heterocycles. The molecule has 0 amide bonds. The number of fused-ring (bicyclic) bond motifs is 8. The van der Waals surface area contributed by atoms with Gasteiger partial charge in [-0.3, -0.25) is 0 Å². The number of aromatic nitrogens is 2. The van der Waals surface area contributed by atoms with Crippen LogP contribution >= 0.6 is 29.9 Å². The summed E-state index contributed by atoms with van der Waals surface area (Å²) in [5, 5.41) is 4.17. The van der Waals surface area contributed by atoms with Gasteiger partial charge in [-0.15, -0.1) is 22.7 Å². The van der Waals surface area contributed by atoms with Gasteiger partial charge in [0.15, 0.2) is 0 Å². The van der Waals surface area contributed by atoms with Gasteiger partial charge >= 0.3 is 0 Å². The number of hydrogen-bond acceptors (Lipinski definition) is 5. The zero-order valence-electron chi connectivity index (χ0n) is 39.3. The third-order valence-corrected chi connectivity index (χ3v) is 20.1. The molecule has 8 bridgehead atoms. The van der Waals surface area contributed by atoms with Gasteiger partial charge in [-0.25, -0.2) is 9.97 Å². The van der Waals surface area contributed by atoms with Crippen LogP contribution in [0.4, 0.5) is 0 Å². The lowest BCUT2D eigenvalue weighted by molar-refractivity contribution is -0.0000136. The van der Waals surface area contributed by atoms with Crippen LogP contribution in [0.3, 0.4) is 0 Å². The Morgan fingerprint density at radius 2 is 0.625 bits per heavy atom. The van der Waals surface area contributed by atoms with Crippen LogP contribution in [0.15, 0.2) is 231 Å². The Bertz CT molecular complexity index is 3600. The molecule has 0 unspecified atom stereocenters. The van der Waals surface area contributed by atoms with Crippen molar-refractivity contribution in [2.75, 3.05) is 12.8 Å². The van der Waals surface area contributed by atoms with Crippen molar-refractivity contribution >= 4 is 89.0 Å². The molecule has 0 spiro atoms. The smallest absolute Gasteiger partial charge is 0.119 e. The van der Waals surface area contributed by atoms with Crippen molar-refractivity contribution < 1.29 is 21.7 Å². The summed E-state index contributed by atoms with van der Waals surface area (Å²) < 4.78 is 11.2. The highest BCUT2D eigenvalue weighted by Gasteiger charge is 2.44. The topological polar surface area (TPSA) is 35.0 Å². The molecule has 0 N–H and O–H groups in total. The average molecular weight is 1050 g/mol. The fourth-order valence-corrected chi connectivity index (χ4v) is 16.7. The van der Waals surface area contributed by atoms with Gasteiger partial charge in [0.2, 0.25) is 0 Å². The van der Waals surface area contributed by atoms with E-state index in [0.717, 1.165) is 104 Å². The van der Waals surface area contributed by atoms with Gasteiger partial charge in [0.05, 0.1) is 35.5 Å². The predicted octanol–water partition coefficient (Wildman–Crippen LogP) is 13.6. The fourth-order valence-electron chi connectivity index (χ4n) is 10.1. The van der Waals surface area contributed by atoms with E-state index in [9.17, 15) is 0 Å². The van der Waals surface area contributed by atoms with E-state index in [-0.39, 0.29) is 17.0 Å². The largest absolute Gasteiger partial charge is 1.00 e. The maximum Gasteiger partial charge on any atom is 0.119 e. The zero-order chi connectivity index (χ0) is 47.4. The van der Waals surface area contributed by atoms with Gasteiger partial charge in [-0.2, -0.15) is 0 Å². The lowest BCUT2D eigenvalue weighted by atomic mass is 10.0. The number of nitrogens with zero attached hydrogens (tertiary/aromatic N) is 2. The molecule has 2 aliphatic rings. The van der Waals surface area contributed by atoms with Crippen molar-refractivity contribution in [3.05, 3.63) is 253 Å². The zero-order valence-corrected chi connectivity index (χ0v) is 43.4. The Labute approximate surface area is 440 Å². The normalized spacial score (nSPS) is 11.8. The molecule has 3 nitrogen and oxygen atoms in total. The summed E-state index contributed by atoms with van der Waals surface area (Å²) in [6.45, 7) is 0.606. The fraction of sp³-hybridized carbons (Fsp3) is 0.0462. The van der Waals surface area contributed by atoms with Crippen LogP contribution in [0.5, 0.6) is 5.75 Å². The minimum atomic E-state index is -1.96. The van der Waals surface area contributed by atoms with Crippen LogP contribution in [0, 0.1) is 0 Å². The van der Waals surface area contributed by atoms with E-state index in [1.807, 2.05) is 0 Å². The summed E-state index contributed by atoms with van der Waals surface area (Å²) in [5.41, 5.74) is 12.6. The second-order valence-electron chi connectivity index (χ2n) is 17.6. The molecule has 348 valence electrons. The molecule has 0 radical (unpaired) electrons. The van der Waals surface area contributed by atoms with Crippen LogP contribution in [0.1, 0.15) is 29.2 Å². The van der Waals surface area contributed by atoms with E-state index in [1.54, 1.807) is 22.7 Å². The van der Waals surface area contributed by atoms with Crippen LogP contribution in [-0.4, -0.2) is 22.7 Å². The van der Waals surface area contributed by atoms with Crippen molar-refractivity contribution in [3.8, 4) is 50.3 Å². The van der Waals surface area contributed by atoms with E-state index in [0.29, 0.717) is 6.61 Å². The molecule has 3 aromatic heterocycles. The van der Waals surface area contributed by atoms with Crippen molar-refractivity contribution in [2.24, 2.45) is 0 Å². The van der Waals surface area contributed by atoms with E-state index in [1.165, 1.54) is 15.9 Å². The molecule has 10 aromatic rings. The minimum Gasteiger partial charge on any atom is -1.00 e. The first-order chi connectivity index (χ1) is 35.2. The minimum absolute atomic E-state index is 0. The Morgan fingerprint density at radius 1 is 0.333 bits per heavy atom. The molecule has 5 heterocycles. The Kier molecular flexibility index (Phi) is 13.8. The quantitative estimate of drug-likeness (QED) is 0.0903. The van der Waals surface area contributed by atoms with Crippen molar-refractivity contribution in [1.29, 1.82) is 0 Å². The molecule has 0 fully saturated rings. The van der Waals surface area contributed by atoms with E-state index in [2.05, 4.69) is 255 Å². The van der Waals surface area contributed by atoms with Crippen LogP contribution in [0.2, 0.25) is 0 Å². The molecule has 0 atom stereocenters. The number of hydrogen-bond donors (Lipinski definition) is 0. The Balaban J connectivity index is 0.00000560. The maximum atomic E-state index is 6.64. The van der Waals surface area contributed by atoms with Crippen molar-refractivity contribution in [2.45, 2.75) is 6.42 Å². The van der Waals surface area contributed by atoms with Crippen LogP contribution < -0.4 is 37.6 Å². The highest BCUT2D eigenvalue weighted by atomic mass is 79.9. The van der Waals surface area contributed by atoms with E-state index >= 15 is 0 Å². The van der Waals surface area contributed by atoms with Gasteiger partial charge in [0.25, 0.3) is 0 Å². The molecular weight excluding hydrogens is 1000 g/mol. The molecule has 0 saturated carbocycles. The maximum absolute atomic E-state index is 6.64. The number of rotatable bonds is 12. The lowest BCUT2D eigenvalue weighted by Gasteiger charge is -2.27. The summed E-state index contributed by atoms with van der Waals surface area (Å²) in [7, 11) is -1.96. The highest BCUT2D eigenvalue weighted by Crippen LogP contribution is 2.56. The summed E-state index contributed by atoms with van der Waals surface area (Å²) >= 11 is 3.57. The first-order valence-corrected chi connectivity index (χ1v) is 27.7. The second-order valence-corrected chi connectivity index (χ2v) is 23.4. The van der Waals surface area contributed by atoms with Gasteiger partial charge in [0.1, 0.15) is 28.9 Å². The summed E-state index contributed by atoms with van der Waals surface area (Å²) in [6.07, 6.45) is 10.7. The molecule has 7 heteroatoms. The number of ether oxygens (including phenoxy) is 1. The predicted molar refractivity (Wildman–Crippen MR) is 308 cm³/mol. The average Bonchev–Trinajstić information content (AvgIpc) is 4.30. The number of benzene rings is 7. The number of halogens is 1. The van der Waals surface area contributed by atoms with E-state index in [4.69, 9.17) is 14.7 Å².